The van der Waals surface area contributed by atoms with Crippen LogP contribution in [-0.4, -0.2) is 45.5 Å². The molecule has 0 aromatic carbocycles. The van der Waals surface area contributed by atoms with E-state index in [1.165, 1.54) is 4.31 Å². The molecule has 0 radical (unpaired) electrons. The SMILES string of the molecule is CC1(C)CN(S(=O)(=O)c2cncc(F)c2)CCS1=O. The molecule has 0 amide bonds. The van der Waals surface area contributed by atoms with Gasteiger partial charge in [0.05, 0.1) is 10.9 Å². The number of halogens is 1. The standard InChI is InChI=1S/C11H15FN2O3S2/c1-11(2)8-14(3-4-18(11)15)19(16,17)10-5-9(12)6-13-7-10/h5-7H,3-4,8H2,1-2H3. The van der Waals surface area contributed by atoms with Gasteiger partial charge in [0.1, 0.15) is 10.7 Å². The van der Waals surface area contributed by atoms with Crippen molar-refractivity contribution >= 4 is 20.8 Å². The van der Waals surface area contributed by atoms with Crippen molar-refractivity contribution in [2.75, 3.05) is 18.8 Å². The summed E-state index contributed by atoms with van der Waals surface area (Å²) in [7, 11) is -4.85. The zero-order valence-corrected chi connectivity index (χ0v) is 12.3. The fourth-order valence-electron chi connectivity index (χ4n) is 1.92. The van der Waals surface area contributed by atoms with Crippen molar-refractivity contribution in [3.63, 3.8) is 0 Å². The Morgan fingerprint density at radius 1 is 1.42 bits per heavy atom. The Morgan fingerprint density at radius 2 is 2.11 bits per heavy atom. The van der Waals surface area contributed by atoms with Crippen LogP contribution in [0.15, 0.2) is 23.4 Å². The van der Waals surface area contributed by atoms with Crippen LogP contribution in [-0.2, 0) is 20.8 Å². The van der Waals surface area contributed by atoms with Crippen molar-refractivity contribution in [1.29, 1.82) is 0 Å². The van der Waals surface area contributed by atoms with Crippen molar-refractivity contribution in [3.8, 4) is 0 Å². The fourth-order valence-corrected chi connectivity index (χ4v) is 4.94. The summed E-state index contributed by atoms with van der Waals surface area (Å²) >= 11 is 0. The molecule has 1 unspecified atom stereocenters. The summed E-state index contributed by atoms with van der Waals surface area (Å²) < 4.78 is 50.2. The van der Waals surface area contributed by atoms with Gasteiger partial charge in [-0.2, -0.15) is 4.31 Å². The van der Waals surface area contributed by atoms with E-state index < -0.39 is 31.4 Å². The van der Waals surface area contributed by atoms with Crippen LogP contribution in [0.3, 0.4) is 0 Å². The van der Waals surface area contributed by atoms with Gasteiger partial charge in [0, 0.05) is 35.8 Å². The third-order valence-corrected chi connectivity index (χ3v) is 6.74. The molecule has 2 rings (SSSR count). The Labute approximate surface area is 114 Å². The number of nitrogens with zero attached hydrogens (tertiary/aromatic N) is 2. The first kappa shape index (κ1) is 14.5. The van der Waals surface area contributed by atoms with Crippen LogP contribution in [0, 0.1) is 5.82 Å². The van der Waals surface area contributed by atoms with Crippen LogP contribution >= 0.6 is 0 Å². The van der Waals surface area contributed by atoms with Crippen LogP contribution < -0.4 is 0 Å². The number of hydrogen-bond acceptors (Lipinski definition) is 4. The molecular formula is C11H15FN2O3S2. The smallest absolute Gasteiger partial charge is 0.244 e. The lowest BCUT2D eigenvalue weighted by molar-refractivity contribution is 0.378. The highest BCUT2D eigenvalue weighted by Crippen LogP contribution is 2.25. The molecule has 1 aliphatic rings. The van der Waals surface area contributed by atoms with Crippen LogP contribution in [0.5, 0.6) is 0 Å². The summed E-state index contributed by atoms with van der Waals surface area (Å²) in [6.45, 7) is 3.84. The monoisotopic (exact) mass is 306 g/mol. The molecule has 0 spiro atoms. The van der Waals surface area contributed by atoms with E-state index >= 15 is 0 Å². The first-order valence-electron chi connectivity index (χ1n) is 5.73. The molecule has 1 aliphatic heterocycles. The molecule has 1 saturated heterocycles. The predicted octanol–water partition coefficient (Wildman–Crippen LogP) is 0.752. The third kappa shape index (κ3) is 2.85. The summed E-state index contributed by atoms with van der Waals surface area (Å²) in [4.78, 5) is 3.39. The number of aromatic nitrogens is 1. The van der Waals surface area contributed by atoms with Gasteiger partial charge in [-0.25, -0.2) is 12.8 Å². The van der Waals surface area contributed by atoms with Crippen molar-refractivity contribution in [3.05, 3.63) is 24.3 Å². The summed E-state index contributed by atoms with van der Waals surface area (Å²) in [5.74, 6) is -0.407. The Kier molecular flexibility index (Phi) is 3.76. The zero-order valence-electron chi connectivity index (χ0n) is 10.7. The topological polar surface area (TPSA) is 67.3 Å². The minimum Gasteiger partial charge on any atom is -0.260 e. The molecule has 5 nitrogen and oxygen atoms in total. The predicted molar refractivity (Wildman–Crippen MR) is 70.0 cm³/mol. The molecule has 0 N–H and O–H groups in total. The molecule has 1 aromatic heterocycles. The molecule has 1 atom stereocenters. The van der Waals surface area contributed by atoms with Gasteiger partial charge in [0.2, 0.25) is 10.0 Å². The molecule has 1 aromatic rings. The van der Waals surface area contributed by atoms with Gasteiger partial charge in [0.25, 0.3) is 0 Å². The number of rotatable bonds is 2. The highest BCUT2D eigenvalue weighted by atomic mass is 32.2. The maximum Gasteiger partial charge on any atom is 0.244 e. The van der Waals surface area contributed by atoms with Gasteiger partial charge in [-0.05, 0) is 19.9 Å². The van der Waals surface area contributed by atoms with E-state index in [2.05, 4.69) is 4.98 Å². The second kappa shape index (κ2) is 4.92. The largest absolute Gasteiger partial charge is 0.260 e. The van der Waals surface area contributed by atoms with Crippen molar-refractivity contribution < 1.29 is 17.0 Å². The van der Waals surface area contributed by atoms with Gasteiger partial charge in [-0.3, -0.25) is 9.19 Å². The van der Waals surface area contributed by atoms with E-state index in [1.807, 2.05) is 0 Å². The Balaban J connectivity index is 2.34. The quantitative estimate of drug-likeness (QED) is 0.809. The Morgan fingerprint density at radius 3 is 2.68 bits per heavy atom. The van der Waals surface area contributed by atoms with E-state index in [1.54, 1.807) is 13.8 Å². The first-order chi connectivity index (χ1) is 8.73. The maximum absolute atomic E-state index is 13.1. The summed E-state index contributed by atoms with van der Waals surface area (Å²) in [5, 5.41) is 0. The van der Waals surface area contributed by atoms with Crippen LogP contribution in [0.4, 0.5) is 4.39 Å². The fraction of sp³-hybridized carbons (Fsp3) is 0.545. The molecule has 2 heterocycles. The van der Waals surface area contributed by atoms with E-state index in [0.29, 0.717) is 0 Å². The molecular weight excluding hydrogens is 291 g/mol. The van der Waals surface area contributed by atoms with Gasteiger partial charge in [0.15, 0.2) is 0 Å². The second-order valence-electron chi connectivity index (χ2n) is 4.99. The van der Waals surface area contributed by atoms with Gasteiger partial charge in [-0.1, -0.05) is 0 Å². The molecule has 19 heavy (non-hydrogen) atoms. The summed E-state index contributed by atoms with van der Waals surface area (Å²) in [6.07, 6.45) is 2.07. The van der Waals surface area contributed by atoms with Crippen LogP contribution in [0.1, 0.15) is 13.8 Å². The van der Waals surface area contributed by atoms with E-state index in [-0.39, 0.29) is 23.7 Å². The summed E-state index contributed by atoms with van der Waals surface area (Å²) in [6, 6.07) is 0.945. The van der Waals surface area contributed by atoms with Crippen LogP contribution in [0.2, 0.25) is 0 Å². The Bertz CT molecular complexity index is 616. The lowest BCUT2D eigenvalue weighted by atomic mass is 10.2. The Hall–Kier alpha value is -0.860. The zero-order chi connectivity index (χ0) is 14.3. The molecule has 8 heteroatoms. The molecule has 0 aliphatic carbocycles. The number of sulfonamides is 1. The molecule has 0 saturated carbocycles. The minimum atomic E-state index is -3.78. The average molecular weight is 306 g/mol. The lowest BCUT2D eigenvalue weighted by Gasteiger charge is -2.36. The van der Waals surface area contributed by atoms with E-state index in [0.717, 1.165) is 18.5 Å². The minimum absolute atomic E-state index is 0.151. The second-order valence-corrected chi connectivity index (χ2v) is 9.13. The van der Waals surface area contributed by atoms with E-state index in [9.17, 15) is 17.0 Å². The maximum atomic E-state index is 13.1. The van der Waals surface area contributed by atoms with Gasteiger partial charge >= 0.3 is 0 Å². The first-order valence-corrected chi connectivity index (χ1v) is 8.48. The number of hydrogen-bond donors (Lipinski definition) is 0. The van der Waals surface area contributed by atoms with Gasteiger partial charge in [-0.15, -0.1) is 0 Å². The third-order valence-electron chi connectivity index (χ3n) is 3.02. The number of pyridine rings is 1. The highest BCUT2D eigenvalue weighted by Gasteiger charge is 2.38. The molecule has 106 valence electrons. The normalized spacial score (nSPS) is 24.3. The van der Waals surface area contributed by atoms with Crippen molar-refractivity contribution in [2.45, 2.75) is 23.5 Å². The highest BCUT2D eigenvalue weighted by molar-refractivity contribution is 7.89. The summed E-state index contributed by atoms with van der Waals surface area (Å²) in [5.41, 5.74) is 0. The lowest BCUT2D eigenvalue weighted by Crippen LogP contribution is -2.51. The van der Waals surface area contributed by atoms with E-state index in [4.69, 9.17) is 0 Å². The van der Waals surface area contributed by atoms with Gasteiger partial charge < -0.3 is 0 Å². The molecule has 0 bridgehead atoms. The average Bonchev–Trinajstić information content (AvgIpc) is 2.32. The molecule has 1 fully saturated rings. The van der Waals surface area contributed by atoms with Crippen molar-refractivity contribution in [1.82, 2.24) is 9.29 Å². The van der Waals surface area contributed by atoms with Crippen molar-refractivity contribution in [2.24, 2.45) is 0 Å². The van der Waals surface area contributed by atoms with Crippen LogP contribution in [0.25, 0.3) is 0 Å².